The molecule has 1 unspecified atom stereocenters. The van der Waals surface area contributed by atoms with E-state index in [1.54, 1.807) is 12.1 Å². The number of benzene rings is 2. The highest BCUT2D eigenvalue weighted by molar-refractivity contribution is 8.00. The molecule has 0 radical (unpaired) electrons. The van der Waals surface area contributed by atoms with E-state index in [1.165, 1.54) is 16.4 Å². The summed E-state index contributed by atoms with van der Waals surface area (Å²) < 4.78 is 1.39. The Balaban J connectivity index is 1.73. The van der Waals surface area contributed by atoms with E-state index in [9.17, 15) is 4.79 Å². The first kappa shape index (κ1) is 19.3. The molecular weight excluding hydrogens is 382 g/mol. The number of amides is 1. The van der Waals surface area contributed by atoms with Gasteiger partial charge in [0.2, 0.25) is 11.1 Å². The van der Waals surface area contributed by atoms with Crippen LogP contribution in [0, 0.1) is 13.8 Å². The molecule has 0 aliphatic carbocycles. The molecule has 0 saturated heterocycles. The third-order valence-electron chi connectivity index (χ3n) is 4.15. The van der Waals surface area contributed by atoms with E-state index >= 15 is 0 Å². The number of para-hydroxylation sites is 1. The lowest BCUT2D eigenvalue weighted by molar-refractivity contribution is -0.115. The Labute approximate surface area is 167 Å². The van der Waals surface area contributed by atoms with Crippen LogP contribution in [0.1, 0.15) is 18.1 Å². The average Bonchev–Trinajstić information content (AvgIpc) is 2.99. The van der Waals surface area contributed by atoms with Gasteiger partial charge in [-0.15, -0.1) is 10.2 Å². The largest absolute Gasteiger partial charge is 0.335 e. The molecule has 0 saturated carbocycles. The molecule has 1 heterocycles. The number of hydrogen-bond acceptors (Lipinski definition) is 5. The number of carbonyl (C=O) groups excluding carboxylic acids is 1. The molecule has 0 aliphatic rings. The molecule has 0 bridgehead atoms. The number of thioether (sulfide) groups is 1. The summed E-state index contributed by atoms with van der Waals surface area (Å²) in [5, 5.41) is 11.9. The zero-order valence-corrected chi connectivity index (χ0v) is 16.8. The Bertz CT molecular complexity index is 950. The Hall–Kier alpha value is -2.51. The van der Waals surface area contributed by atoms with Crippen LogP contribution in [0.25, 0.3) is 11.4 Å². The van der Waals surface area contributed by atoms with E-state index in [0.717, 1.165) is 22.4 Å². The van der Waals surface area contributed by atoms with Crippen LogP contribution in [0.3, 0.4) is 0 Å². The second-order valence-electron chi connectivity index (χ2n) is 6.20. The standard InChI is InChI=1S/C19H20ClN5OS/c1-11-5-4-6-12(2)16(11)22-18(26)13(3)27-19-24-23-17(25(19)21)14-7-9-15(20)10-8-14/h4-10,13H,21H2,1-3H3,(H,22,26). The number of aryl methyl sites for hydroxylation is 2. The molecule has 0 aliphatic heterocycles. The summed E-state index contributed by atoms with van der Waals surface area (Å²) in [6.07, 6.45) is 0. The van der Waals surface area contributed by atoms with Crippen molar-refractivity contribution in [1.29, 1.82) is 0 Å². The highest BCUT2D eigenvalue weighted by Crippen LogP contribution is 2.27. The average molecular weight is 402 g/mol. The van der Waals surface area contributed by atoms with Crippen LogP contribution in [-0.4, -0.2) is 26.0 Å². The minimum Gasteiger partial charge on any atom is -0.335 e. The van der Waals surface area contributed by atoms with Crippen molar-refractivity contribution in [3.05, 3.63) is 58.6 Å². The van der Waals surface area contributed by atoms with Crippen molar-refractivity contribution < 1.29 is 4.79 Å². The maximum absolute atomic E-state index is 12.6. The zero-order valence-electron chi connectivity index (χ0n) is 15.2. The third kappa shape index (κ3) is 4.26. The molecule has 3 rings (SSSR count). The molecule has 0 fully saturated rings. The molecular formula is C19H20ClN5OS. The van der Waals surface area contributed by atoms with Crippen molar-refractivity contribution in [1.82, 2.24) is 14.9 Å². The molecule has 0 spiro atoms. The molecule has 27 heavy (non-hydrogen) atoms. The first-order valence-corrected chi connectivity index (χ1v) is 9.62. The first-order chi connectivity index (χ1) is 12.9. The van der Waals surface area contributed by atoms with Gasteiger partial charge in [-0.05, 0) is 56.2 Å². The van der Waals surface area contributed by atoms with Gasteiger partial charge in [0.15, 0.2) is 5.82 Å². The minimum absolute atomic E-state index is 0.117. The van der Waals surface area contributed by atoms with E-state index in [0.29, 0.717) is 16.0 Å². The van der Waals surface area contributed by atoms with Gasteiger partial charge >= 0.3 is 0 Å². The van der Waals surface area contributed by atoms with Crippen molar-refractivity contribution in [2.75, 3.05) is 11.2 Å². The fraction of sp³-hybridized carbons (Fsp3) is 0.211. The predicted octanol–water partition coefficient (Wildman–Crippen LogP) is 4.05. The molecule has 1 aromatic heterocycles. The van der Waals surface area contributed by atoms with Crippen LogP contribution in [0.5, 0.6) is 0 Å². The monoisotopic (exact) mass is 401 g/mol. The lowest BCUT2D eigenvalue weighted by Crippen LogP contribution is -2.24. The van der Waals surface area contributed by atoms with Crippen LogP contribution >= 0.6 is 23.4 Å². The Kier molecular flexibility index (Phi) is 5.72. The fourth-order valence-corrected chi connectivity index (χ4v) is 3.50. The zero-order chi connectivity index (χ0) is 19.6. The van der Waals surface area contributed by atoms with E-state index < -0.39 is 5.25 Å². The van der Waals surface area contributed by atoms with Gasteiger partial charge in [-0.2, -0.15) is 0 Å². The lowest BCUT2D eigenvalue weighted by Gasteiger charge is -2.15. The topological polar surface area (TPSA) is 85.8 Å². The molecule has 8 heteroatoms. The van der Waals surface area contributed by atoms with Crippen LogP contribution in [0.15, 0.2) is 47.6 Å². The molecule has 1 amide bonds. The van der Waals surface area contributed by atoms with Gasteiger partial charge in [-0.1, -0.05) is 41.6 Å². The summed E-state index contributed by atoms with van der Waals surface area (Å²) in [6.45, 7) is 5.74. The molecule has 2 aromatic carbocycles. The molecule has 3 aromatic rings. The fourth-order valence-electron chi connectivity index (χ4n) is 2.60. The second kappa shape index (κ2) is 8.02. The van der Waals surface area contributed by atoms with Gasteiger partial charge < -0.3 is 11.2 Å². The Morgan fingerprint density at radius 1 is 1.15 bits per heavy atom. The number of nitrogen functional groups attached to an aromatic ring is 1. The van der Waals surface area contributed by atoms with E-state index in [1.807, 2.05) is 51.1 Å². The summed E-state index contributed by atoms with van der Waals surface area (Å²) in [6, 6.07) is 13.1. The maximum Gasteiger partial charge on any atom is 0.237 e. The van der Waals surface area contributed by atoms with Crippen molar-refractivity contribution in [3.8, 4) is 11.4 Å². The summed E-state index contributed by atoms with van der Waals surface area (Å²) in [5.74, 6) is 6.52. The smallest absolute Gasteiger partial charge is 0.237 e. The van der Waals surface area contributed by atoms with Gasteiger partial charge in [-0.3, -0.25) is 4.79 Å². The van der Waals surface area contributed by atoms with Crippen molar-refractivity contribution in [3.63, 3.8) is 0 Å². The second-order valence-corrected chi connectivity index (χ2v) is 7.94. The van der Waals surface area contributed by atoms with Gasteiger partial charge in [0.25, 0.3) is 0 Å². The number of nitrogens with one attached hydrogen (secondary N) is 1. The van der Waals surface area contributed by atoms with Crippen LogP contribution < -0.4 is 11.2 Å². The number of anilines is 1. The highest BCUT2D eigenvalue weighted by Gasteiger charge is 2.21. The molecule has 1 atom stereocenters. The van der Waals surface area contributed by atoms with Crippen molar-refractivity contribution in [2.24, 2.45) is 0 Å². The van der Waals surface area contributed by atoms with Crippen molar-refractivity contribution >= 4 is 35.0 Å². The van der Waals surface area contributed by atoms with Gasteiger partial charge in [0.05, 0.1) is 5.25 Å². The van der Waals surface area contributed by atoms with Gasteiger partial charge in [0.1, 0.15) is 0 Å². The quantitative estimate of drug-likeness (QED) is 0.497. The third-order valence-corrected chi connectivity index (χ3v) is 5.46. The molecule has 6 nitrogen and oxygen atoms in total. The van der Waals surface area contributed by atoms with Gasteiger partial charge in [0, 0.05) is 16.3 Å². The first-order valence-electron chi connectivity index (χ1n) is 8.37. The van der Waals surface area contributed by atoms with E-state index in [2.05, 4.69) is 15.5 Å². The summed E-state index contributed by atoms with van der Waals surface area (Å²) in [7, 11) is 0. The number of carbonyl (C=O) groups is 1. The molecule has 3 N–H and O–H groups in total. The summed E-state index contributed by atoms with van der Waals surface area (Å²) >= 11 is 7.17. The summed E-state index contributed by atoms with van der Waals surface area (Å²) in [5.41, 5.74) is 3.68. The van der Waals surface area contributed by atoms with Crippen LogP contribution in [0.2, 0.25) is 5.02 Å². The van der Waals surface area contributed by atoms with Crippen LogP contribution in [0.4, 0.5) is 5.69 Å². The van der Waals surface area contributed by atoms with Crippen LogP contribution in [-0.2, 0) is 4.79 Å². The van der Waals surface area contributed by atoms with Crippen molar-refractivity contribution in [2.45, 2.75) is 31.2 Å². The minimum atomic E-state index is -0.395. The maximum atomic E-state index is 12.6. The predicted molar refractivity (Wildman–Crippen MR) is 110 cm³/mol. The normalized spacial score (nSPS) is 12.0. The van der Waals surface area contributed by atoms with E-state index in [-0.39, 0.29) is 5.91 Å². The lowest BCUT2D eigenvalue weighted by atomic mass is 10.1. The van der Waals surface area contributed by atoms with E-state index in [4.69, 9.17) is 17.4 Å². The number of rotatable bonds is 5. The van der Waals surface area contributed by atoms with Gasteiger partial charge in [-0.25, -0.2) is 4.68 Å². The molecule has 140 valence electrons. The SMILES string of the molecule is Cc1cccc(C)c1NC(=O)C(C)Sc1nnc(-c2ccc(Cl)cc2)n1N. The highest BCUT2D eigenvalue weighted by atomic mass is 35.5. The number of nitrogens with zero attached hydrogens (tertiary/aromatic N) is 3. The number of halogens is 1. The summed E-state index contributed by atoms with van der Waals surface area (Å²) in [4.78, 5) is 12.6. The number of hydrogen-bond donors (Lipinski definition) is 2. The Morgan fingerprint density at radius 3 is 2.41 bits per heavy atom. The number of aromatic nitrogens is 3. The number of nitrogens with two attached hydrogens (primary N) is 1. The Morgan fingerprint density at radius 2 is 1.78 bits per heavy atom.